The van der Waals surface area contributed by atoms with Crippen molar-refractivity contribution in [3.05, 3.63) is 35.9 Å². The first kappa shape index (κ1) is 12.1. The van der Waals surface area contributed by atoms with Crippen LogP contribution in [0.4, 0.5) is 0 Å². The lowest BCUT2D eigenvalue weighted by Gasteiger charge is -2.22. The fourth-order valence-electron chi connectivity index (χ4n) is 2.24. The highest BCUT2D eigenvalue weighted by Crippen LogP contribution is 2.32. The van der Waals surface area contributed by atoms with Crippen molar-refractivity contribution < 1.29 is 4.74 Å². The summed E-state index contributed by atoms with van der Waals surface area (Å²) in [7, 11) is 0. The largest absolute Gasteiger partial charge is 0.372 e. The summed E-state index contributed by atoms with van der Waals surface area (Å²) in [6, 6.07) is 12.5. The number of hydrogen-bond donors (Lipinski definition) is 1. The van der Waals surface area contributed by atoms with Crippen LogP contribution in [0.2, 0.25) is 0 Å². The van der Waals surface area contributed by atoms with Crippen molar-refractivity contribution >= 4 is 0 Å². The van der Waals surface area contributed by atoms with Gasteiger partial charge in [0.25, 0.3) is 0 Å². The topological polar surface area (TPSA) is 45.0 Å². The van der Waals surface area contributed by atoms with E-state index in [9.17, 15) is 5.26 Å². The molecule has 1 heterocycles. The number of nitrogens with zero attached hydrogens (tertiary/aromatic N) is 1. The van der Waals surface area contributed by atoms with Crippen LogP contribution in [-0.4, -0.2) is 17.7 Å². The molecule has 0 bridgehead atoms. The SMILES string of the molecule is CC1(C)CC(C#N)(NCc2ccccc2)CO1. The normalized spacial score (nSPS) is 26.6. The number of ether oxygens (including phenoxy) is 1. The Bertz CT molecular complexity index is 422. The number of rotatable bonds is 3. The van der Waals surface area contributed by atoms with E-state index < -0.39 is 5.54 Å². The predicted octanol–water partition coefficient (Wildman–Crippen LogP) is 2.24. The van der Waals surface area contributed by atoms with Crippen LogP contribution >= 0.6 is 0 Å². The Balaban J connectivity index is 2.01. The third-order valence-electron chi connectivity index (χ3n) is 3.12. The zero-order valence-electron chi connectivity index (χ0n) is 10.4. The molecule has 0 saturated carbocycles. The molecule has 0 aromatic heterocycles. The van der Waals surface area contributed by atoms with Gasteiger partial charge in [0.1, 0.15) is 5.54 Å². The van der Waals surface area contributed by atoms with Crippen LogP contribution in [0.15, 0.2) is 30.3 Å². The molecule has 1 aromatic carbocycles. The summed E-state index contributed by atoms with van der Waals surface area (Å²) in [4.78, 5) is 0. The average molecular weight is 230 g/mol. The Morgan fingerprint density at radius 2 is 2.06 bits per heavy atom. The van der Waals surface area contributed by atoms with Gasteiger partial charge < -0.3 is 4.74 Å². The quantitative estimate of drug-likeness (QED) is 0.866. The van der Waals surface area contributed by atoms with Gasteiger partial charge in [-0.2, -0.15) is 5.26 Å². The molecule has 1 aliphatic rings. The maximum Gasteiger partial charge on any atom is 0.133 e. The molecule has 0 radical (unpaired) electrons. The molecule has 0 amide bonds. The smallest absolute Gasteiger partial charge is 0.133 e. The van der Waals surface area contributed by atoms with Gasteiger partial charge >= 0.3 is 0 Å². The summed E-state index contributed by atoms with van der Waals surface area (Å²) in [5.74, 6) is 0. The first-order valence-electron chi connectivity index (χ1n) is 5.89. The van der Waals surface area contributed by atoms with Gasteiger partial charge in [-0.25, -0.2) is 0 Å². The Hall–Kier alpha value is -1.37. The van der Waals surface area contributed by atoms with Gasteiger partial charge in [0.05, 0.1) is 18.3 Å². The van der Waals surface area contributed by atoms with Gasteiger partial charge in [-0.15, -0.1) is 0 Å². The van der Waals surface area contributed by atoms with Gasteiger partial charge in [-0.3, -0.25) is 5.32 Å². The van der Waals surface area contributed by atoms with E-state index in [1.54, 1.807) is 0 Å². The van der Waals surface area contributed by atoms with E-state index in [-0.39, 0.29) is 5.60 Å². The van der Waals surface area contributed by atoms with Crippen LogP contribution in [0.3, 0.4) is 0 Å². The number of hydrogen-bond acceptors (Lipinski definition) is 3. The predicted molar refractivity (Wildman–Crippen MR) is 66.3 cm³/mol. The van der Waals surface area contributed by atoms with Crippen molar-refractivity contribution in [1.82, 2.24) is 5.32 Å². The molecule has 1 N–H and O–H groups in total. The molecule has 0 aliphatic carbocycles. The average Bonchev–Trinajstić information content (AvgIpc) is 2.65. The summed E-state index contributed by atoms with van der Waals surface area (Å²) in [6.07, 6.45) is 0.726. The lowest BCUT2D eigenvalue weighted by molar-refractivity contribution is 0.0345. The Morgan fingerprint density at radius 1 is 1.35 bits per heavy atom. The second-order valence-corrected chi connectivity index (χ2v) is 5.26. The molecule has 17 heavy (non-hydrogen) atoms. The van der Waals surface area contributed by atoms with E-state index in [1.807, 2.05) is 32.0 Å². The van der Waals surface area contributed by atoms with E-state index in [0.717, 1.165) is 6.42 Å². The molecule has 1 aliphatic heterocycles. The molecule has 3 nitrogen and oxygen atoms in total. The zero-order valence-corrected chi connectivity index (χ0v) is 10.4. The lowest BCUT2D eigenvalue weighted by atomic mass is 9.91. The maximum atomic E-state index is 9.33. The van der Waals surface area contributed by atoms with E-state index in [0.29, 0.717) is 13.2 Å². The first-order chi connectivity index (χ1) is 8.05. The van der Waals surface area contributed by atoms with Crippen molar-refractivity contribution in [1.29, 1.82) is 5.26 Å². The van der Waals surface area contributed by atoms with Crippen molar-refractivity contribution in [2.45, 2.75) is 38.0 Å². The Morgan fingerprint density at radius 3 is 2.59 bits per heavy atom. The highest BCUT2D eigenvalue weighted by molar-refractivity contribution is 5.18. The van der Waals surface area contributed by atoms with Crippen molar-refractivity contribution in [3.63, 3.8) is 0 Å². The van der Waals surface area contributed by atoms with E-state index in [1.165, 1.54) is 5.56 Å². The van der Waals surface area contributed by atoms with Gasteiger partial charge in [0, 0.05) is 13.0 Å². The monoisotopic (exact) mass is 230 g/mol. The van der Waals surface area contributed by atoms with Crippen LogP contribution in [0.5, 0.6) is 0 Å². The van der Waals surface area contributed by atoms with E-state index >= 15 is 0 Å². The molecule has 1 saturated heterocycles. The van der Waals surface area contributed by atoms with E-state index in [2.05, 4.69) is 23.5 Å². The molecular weight excluding hydrogens is 212 g/mol. The van der Waals surface area contributed by atoms with Gasteiger partial charge in [0.15, 0.2) is 0 Å². The highest BCUT2D eigenvalue weighted by Gasteiger charge is 2.44. The number of nitrogens with one attached hydrogen (secondary N) is 1. The molecule has 2 rings (SSSR count). The molecule has 1 unspecified atom stereocenters. The van der Waals surface area contributed by atoms with Gasteiger partial charge in [-0.1, -0.05) is 30.3 Å². The third kappa shape index (κ3) is 2.85. The molecule has 3 heteroatoms. The Kier molecular flexibility index (Phi) is 3.19. The number of nitriles is 1. The second-order valence-electron chi connectivity index (χ2n) is 5.26. The molecule has 1 fully saturated rings. The Labute approximate surface area is 102 Å². The molecule has 1 atom stereocenters. The van der Waals surface area contributed by atoms with Crippen molar-refractivity contribution in [2.24, 2.45) is 0 Å². The third-order valence-corrected chi connectivity index (χ3v) is 3.12. The fourth-order valence-corrected chi connectivity index (χ4v) is 2.24. The van der Waals surface area contributed by atoms with Crippen LogP contribution in [0.25, 0.3) is 0 Å². The van der Waals surface area contributed by atoms with Crippen molar-refractivity contribution in [3.8, 4) is 6.07 Å². The molecule has 90 valence electrons. The summed E-state index contributed by atoms with van der Waals surface area (Å²) in [6.45, 7) is 5.21. The minimum atomic E-state index is -0.542. The van der Waals surface area contributed by atoms with Gasteiger partial charge in [0.2, 0.25) is 0 Å². The van der Waals surface area contributed by atoms with Crippen LogP contribution < -0.4 is 5.32 Å². The minimum absolute atomic E-state index is 0.209. The lowest BCUT2D eigenvalue weighted by Crippen LogP contribution is -2.44. The molecule has 0 spiro atoms. The van der Waals surface area contributed by atoms with Gasteiger partial charge in [-0.05, 0) is 19.4 Å². The van der Waals surface area contributed by atoms with Crippen molar-refractivity contribution in [2.75, 3.05) is 6.61 Å². The summed E-state index contributed by atoms with van der Waals surface area (Å²) in [5, 5.41) is 12.7. The highest BCUT2D eigenvalue weighted by atomic mass is 16.5. The maximum absolute atomic E-state index is 9.33. The fraction of sp³-hybridized carbons (Fsp3) is 0.500. The first-order valence-corrected chi connectivity index (χ1v) is 5.89. The summed E-state index contributed by atoms with van der Waals surface area (Å²) in [5.41, 5.74) is 0.436. The number of benzene rings is 1. The summed E-state index contributed by atoms with van der Waals surface area (Å²) >= 11 is 0. The van der Waals surface area contributed by atoms with Crippen LogP contribution in [0, 0.1) is 11.3 Å². The standard InChI is InChI=1S/C14H18N2O/c1-13(2)9-14(10-15,11-17-13)16-8-12-6-4-3-5-7-12/h3-7,16H,8-9,11H2,1-2H3. The van der Waals surface area contributed by atoms with E-state index in [4.69, 9.17) is 4.74 Å². The zero-order chi connectivity index (χ0) is 12.4. The molecule has 1 aromatic rings. The summed E-state index contributed by atoms with van der Waals surface area (Å²) < 4.78 is 5.65. The molecular formula is C14H18N2O. The van der Waals surface area contributed by atoms with Crippen LogP contribution in [-0.2, 0) is 11.3 Å². The van der Waals surface area contributed by atoms with Crippen LogP contribution in [0.1, 0.15) is 25.8 Å². The minimum Gasteiger partial charge on any atom is -0.372 e. The second kappa shape index (κ2) is 4.48.